The van der Waals surface area contributed by atoms with Crippen LogP contribution in [-0.2, 0) is 17.3 Å². The highest BCUT2D eigenvalue weighted by Crippen LogP contribution is 2.54. The van der Waals surface area contributed by atoms with Gasteiger partial charge in [0.2, 0.25) is 0 Å². The van der Waals surface area contributed by atoms with Crippen molar-refractivity contribution in [3.8, 4) is 55.6 Å². The van der Waals surface area contributed by atoms with Gasteiger partial charge in [0.1, 0.15) is 11.3 Å². The number of benzene rings is 8. The van der Waals surface area contributed by atoms with Crippen molar-refractivity contribution in [3.05, 3.63) is 197 Å². The van der Waals surface area contributed by atoms with Gasteiger partial charge in [0.25, 0.3) is 0 Å². The van der Waals surface area contributed by atoms with E-state index in [1.165, 1.54) is 122 Å². The molecule has 0 saturated carbocycles. The second-order valence-corrected chi connectivity index (χ2v) is 19.1. The Labute approximate surface area is 357 Å². The Morgan fingerprint density at radius 3 is 1.66 bits per heavy atom. The third kappa shape index (κ3) is 4.89. The summed E-state index contributed by atoms with van der Waals surface area (Å²) in [6.45, 7) is 9.54. The van der Waals surface area contributed by atoms with Crippen LogP contribution in [0.2, 0.25) is 0 Å². The normalized spacial score (nSPS) is 17.4. The molecule has 1 nitrogen and oxygen atoms in total. The van der Waals surface area contributed by atoms with Crippen LogP contribution in [-0.4, -0.2) is 0 Å². The molecule has 0 amide bonds. The van der Waals surface area contributed by atoms with Crippen LogP contribution in [0.4, 0.5) is 0 Å². The molecule has 1 aromatic heterocycles. The van der Waals surface area contributed by atoms with Gasteiger partial charge in [0.15, 0.2) is 0 Å². The SMILES string of the molecule is CC1(C)c2ccccc2-c2ccc(-c3c4ccccc4c(-c4ccc5c(c4)C(C)(C)c4ccccc4-5)c4cc(-c5ccc6c7c(oc6c5)C=C5C=CCCC5C7)ccc34)cc21. The van der Waals surface area contributed by atoms with E-state index < -0.39 is 0 Å². The lowest BCUT2D eigenvalue weighted by Gasteiger charge is -2.24. The molecule has 8 aromatic carbocycles. The zero-order chi connectivity index (χ0) is 40.8. The molecule has 0 fully saturated rings. The smallest absolute Gasteiger partial charge is 0.135 e. The molecule has 9 aromatic rings. The van der Waals surface area contributed by atoms with Crippen LogP contribution >= 0.6 is 0 Å². The van der Waals surface area contributed by atoms with Crippen molar-refractivity contribution in [2.45, 2.75) is 57.8 Å². The van der Waals surface area contributed by atoms with Crippen molar-refractivity contribution in [3.63, 3.8) is 0 Å². The third-order valence-electron chi connectivity index (χ3n) is 15.1. The highest BCUT2D eigenvalue weighted by Gasteiger charge is 2.37. The summed E-state index contributed by atoms with van der Waals surface area (Å²) in [6.07, 6.45) is 10.3. The highest BCUT2D eigenvalue weighted by molar-refractivity contribution is 6.22. The maximum Gasteiger partial charge on any atom is 0.135 e. The van der Waals surface area contributed by atoms with Crippen LogP contribution < -0.4 is 0 Å². The number of rotatable bonds is 3. The van der Waals surface area contributed by atoms with Gasteiger partial charge < -0.3 is 4.42 Å². The highest BCUT2D eigenvalue weighted by atomic mass is 16.3. The van der Waals surface area contributed by atoms with Gasteiger partial charge in [-0.2, -0.15) is 0 Å². The Hall–Kier alpha value is -6.70. The third-order valence-corrected chi connectivity index (χ3v) is 15.1. The van der Waals surface area contributed by atoms with Crippen LogP contribution in [0, 0.1) is 5.92 Å². The van der Waals surface area contributed by atoms with E-state index in [0.717, 1.165) is 24.2 Å². The van der Waals surface area contributed by atoms with E-state index >= 15 is 0 Å². The lowest BCUT2D eigenvalue weighted by atomic mass is 9.79. The number of fused-ring (bicyclic) bond motifs is 12. The molecule has 0 N–H and O–H groups in total. The Morgan fingerprint density at radius 2 is 1.00 bits per heavy atom. The fraction of sp³-hybridized carbons (Fsp3) is 0.167. The molecule has 4 aliphatic carbocycles. The predicted molar refractivity (Wildman–Crippen MR) is 256 cm³/mol. The summed E-state index contributed by atoms with van der Waals surface area (Å²) < 4.78 is 6.67. The molecule has 4 aliphatic rings. The Balaban J connectivity index is 1.05. The van der Waals surface area contributed by atoms with Crippen LogP contribution in [0.3, 0.4) is 0 Å². The maximum absolute atomic E-state index is 6.67. The molecule has 1 unspecified atom stereocenters. The predicted octanol–water partition coefficient (Wildman–Crippen LogP) is 16.3. The van der Waals surface area contributed by atoms with Crippen LogP contribution in [0.1, 0.15) is 74.1 Å². The molecule has 0 spiro atoms. The van der Waals surface area contributed by atoms with Crippen molar-refractivity contribution in [1.82, 2.24) is 0 Å². The lowest BCUT2D eigenvalue weighted by Crippen LogP contribution is -2.15. The zero-order valence-electron chi connectivity index (χ0n) is 35.2. The van der Waals surface area contributed by atoms with E-state index in [2.05, 4.69) is 192 Å². The molecule has 0 aliphatic heterocycles. The van der Waals surface area contributed by atoms with Gasteiger partial charge in [-0.25, -0.2) is 0 Å². The molecular formula is C60H46O. The van der Waals surface area contributed by atoms with Crippen molar-refractivity contribution < 1.29 is 4.42 Å². The van der Waals surface area contributed by atoms with Gasteiger partial charge in [-0.05, 0) is 161 Å². The van der Waals surface area contributed by atoms with E-state index in [4.69, 9.17) is 4.42 Å². The summed E-state index contributed by atoms with van der Waals surface area (Å²) in [5.74, 6) is 1.62. The van der Waals surface area contributed by atoms with Crippen molar-refractivity contribution in [2.24, 2.45) is 5.92 Å². The molecule has 61 heavy (non-hydrogen) atoms. The Bertz CT molecular complexity index is 3450. The molecule has 13 rings (SSSR count). The van der Waals surface area contributed by atoms with E-state index in [1.807, 2.05) is 0 Å². The van der Waals surface area contributed by atoms with Crippen molar-refractivity contribution in [2.75, 3.05) is 0 Å². The number of allylic oxidation sites excluding steroid dienone is 3. The molecule has 0 saturated heterocycles. The minimum atomic E-state index is -0.102. The van der Waals surface area contributed by atoms with Crippen molar-refractivity contribution in [1.29, 1.82) is 0 Å². The fourth-order valence-corrected chi connectivity index (χ4v) is 12.0. The lowest BCUT2D eigenvalue weighted by molar-refractivity contribution is 0.533. The maximum atomic E-state index is 6.67. The molecule has 1 atom stereocenters. The standard InChI is InChI=1S/C60H46O/c1-59(2)51-19-11-9-15-41(51)43-25-23-39(31-53(43)59)57-46-17-7-8-18-47(46)58(40-24-26-44-42-16-10-12-20-52(42)60(3,4)54(44)32-40)50-30-37(22-28-48(50)57)38-21-27-45-49-29-35-13-5-6-14-36(35)33-56(49)61-55(45)34-38/h6-12,14-28,30-35H,5,13,29H2,1-4H3. The first kappa shape index (κ1) is 35.1. The Morgan fingerprint density at radius 1 is 0.475 bits per heavy atom. The van der Waals surface area contributed by atoms with Gasteiger partial charge in [-0.15, -0.1) is 0 Å². The summed E-state index contributed by atoms with van der Waals surface area (Å²) in [7, 11) is 0. The van der Waals surface area contributed by atoms with E-state index in [0.29, 0.717) is 5.92 Å². The summed E-state index contributed by atoms with van der Waals surface area (Å²) in [4.78, 5) is 0. The number of hydrogen-bond donors (Lipinski definition) is 0. The van der Waals surface area contributed by atoms with Crippen LogP contribution in [0.15, 0.2) is 168 Å². The second-order valence-electron chi connectivity index (χ2n) is 19.1. The molecule has 1 heteroatoms. The fourth-order valence-electron chi connectivity index (χ4n) is 12.0. The van der Waals surface area contributed by atoms with E-state index in [-0.39, 0.29) is 10.8 Å². The van der Waals surface area contributed by atoms with Gasteiger partial charge in [-0.1, -0.05) is 161 Å². The van der Waals surface area contributed by atoms with E-state index in [1.54, 1.807) is 0 Å². The van der Waals surface area contributed by atoms with Gasteiger partial charge >= 0.3 is 0 Å². The monoisotopic (exact) mass is 782 g/mol. The summed E-state index contributed by atoms with van der Waals surface area (Å²) in [5.41, 5.74) is 22.0. The summed E-state index contributed by atoms with van der Waals surface area (Å²) in [6, 6.07) is 55.6. The minimum absolute atomic E-state index is 0.0929. The molecule has 0 bridgehead atoms. The zero-order valence-corrected chi connectivity index (χ0v) is 35.2. The molecule has 292 valence electrons. The van der Waals surface area contributed by atoms with Crippen LogP contribution in [0.5, 0.6) is 0 Å². The molecule has 0 radical (unpaired) electrons. The van der Waals surface area contributed by atoms with Gasteiger partial charge in [0, 0.05) is 21.8 Å². The second kappa shape index (κ2) is 12.4. The topological polar surface area (TPSA) is 13.1 Å². The quantitative estimate of drug-likeness (QED) is 0.163. The minimum Gasteiger partial charge on any atom is -0.456 e. The van der Waals surface area contributed by atoms with Gasteiger partial charge in [0.05, 0.1) is 0 Å². The molecule has 1 heterocycles. The first-order valence-corrected chi connectivity index (χ1v) is 22.2. The number of furan rings is 1. The first-order chi connectivity index (χ1) is 29.7. The van der Waals surface area contributed by atoms with Gasteiger partial charge in [-0.3, -0.25) is 0 Å². The average Bonchev–Trinajstić information content (AvgIpc) is 3.85. The van der Waals surface area contributed by atoms with E-state index in [9.17, 15) is 0 Å². The molecular weight excluding hydrogens is 737 g/mol. The Kier molecular flexibility index (Phi) is 7.15. The average molecular weight is 783 g/mol. The van der Waals surface area contributed by atoms with Crippen LogP contribution in [0.25, 0.3) is 94.2 Å². The summed E-state index contributed by atoms with van der Waals surface area (Å²) >= 11 is 0. The summed E-state index contributed by atoms with van der Waals surface area (Å²) in [5, 5.41) is 6.34. The number of hydrogen-bond acceptors (Lipinski definition) is 1. The first-order valence-electron chi connectivity index (χ1n) is 22.2. The largest absolute Gasteiger partial charge is 0.456 e. The van der Waals surface area contributed by atoms with Crippen molar-refractivity contribution >= 4 is 38.6 Å².